The molecule has 39 heavy (non-hydrogen) atoms. The largest absolute Gasteiger partial charge is 0.453 e. The van der Waals surface area contributed by atoms with Gasteiger partial charge in [0.25, 0.3) is 5.56 Å². The van der Waals surface area contributed by atoms with Crippen LogP contribution in [0.2, 0.25) is 0 Å². The molecule has 1 aliphatic carbocycles. The Kier molecular flexibility index (Phi) is 6.79. The first-order valence-corrected chi connectivity index (χ1v) is 13.0. The highest BCUT2D eigenvalue weighted by atomic mass is 19.1. The Morgan fingerprint density at radius 1 is 1.13 bits per heavy atom. The number of nitriles is 1. The monoisotopic (exact) mass is 536 g/mol. The van der Waals surface area contributed by atoms with Crippen LogP contribution in [0.15, 0.2) is 41.5 Å². The minimum Gasteiger partial charge on any atom is -0.453 e. The zero-order valence-corrected chi connectivity index (χ0v) is 22.2. The Morgan fingerprint density at radius 2 is 1.85 bits per heavy atom. The normalized spacial score (nSPS) is 18.8. The number of halogens is 2. The van der Waals surface area contributed by atoms with E-state index in [2.05, 4.69) is 4.98 Å². The van der Waals surface area contributed by atoms with Crippen LogP contribution in [-0.4, -0.2) is 39.2 Å². The number of fused-ring (bicyclic) bond motifs is 1. The average molecular weight is 537 g/mol. The lowest BCUT2D eigenvalue weighted by Gasteiger charge is -2.40. The van der Waals surface area contributed by atoms with Gasteiger partial charge in [-0.15, -0.1) is 0 Å². The lowest BCUT2D eigenvalue weighted by Crippen LogP contribution is -2.44. The molecular formula is C29H30F2N4O4. The van der Waals surface area contributed by atoms with Crippen molar-refractivity contribution in [3.05, 3.63) is 64.2 Å². The van der Waals surface area contributed by atoms with Gasteiger partial charge < -0.3 is 14.4 Å². The summed E-state index contributed by atoms with van der Waals surface area (Å²) in [7, 11) is 0. The highest BCUT2D eigenvalue weighted by molar-refractivity contribution is 5.79. The molecule has 2 aromatic carbocycles. The van der Waals surface area contributed by atoms with E-state index in [4.69, 9.17) is 9.47 Å². The van der Waals surface area contributed by atoms with E-state index >= 15 is 0 Å². The van der Waals surface area contributed by atoms with Gasteiger partial charge in [0.05, 0.1) is 17.2 Å². The van der Waals surface area contributed by atoms with Crippen LogP contribution < -0.4 is 10.3 Å². The summed E-state index contributed by atoms with van der Waals surface area (Å²) in [6.07, 6.45) is 5.52. The minimum atomic E-state index is -0.897. The first-order chi connectivity index (χ1) is 18.5. The van der Waals surface area contributed by atoms with Gasteiger partial charge in [-0.25, -0.2) is 18.6 Å². The number of benzene rings is 2. The first kappa shape index (κ1) is 26.6. The molecule has 2 aliphatic rings. The van der Waals surface area contributed by atoms with Crippen molar-refractivity contribution < 1.29 is 23.0 Å². The molecular weight excluding hydrogens is 506 g/mol. The molecule has 10 heteroatoms. The van der Waals surface area contributed by atoms with Crippen molar-refractivity contribution in [3.63, 3.8) is 0 Å². The number of nitrogens with zero attached hydrogens (tertiary/aromatic N) is 4. The predicted octanol–water partition coefficient (Wildman–Crippen LogP) is 6.08. The van der Waals surface area contributed by atoms with Crippen LogP contribution in [0.1, 0.15) is 64.5 Å². The molecule has 204 valence electrons. The van der Waals surface area contributed by atoms with Gasteiger partial charge in [0.1, 0.15) is 28.8 Å². The van der Waals surface area contributed by atoms with Gasteiger partial charge in [-0.1, -0.05) is 0 Å². The Balaban J connectivity index is 1.34. The summed E-state index contributed by atoms with van der Waals surface area (Å²) in [6, 6.07) is 7.83. The van der Waals surface area contributed by atoms with Gasteiger partial charge in [0, 0.05) is 19.1 Å². The molecule has 0 unspecified atom stereocenters. The molecule has 3 aromatic rings. The molecule has 5 rings (SSSR count). The molecule has 1 aromatic heterocycles. The van der Waals surface area contributed by atoms with Gasteiger partial charge in [-0.05, 0) is 88.6 Å². The fourth-order valence-electron chi connectivity index (χ4n) is 5.65. The number of likely N-dealkylation sites (tertiary alicyclic amines) is 1. The van der Waals surface area contributed by atoms with Crippen LogP contribution in [0, 0.1) is 28.4 Å². The van der Waals surface area contributed by atoms with Crippen molar-refractivity contribution >= 4 is 17.0 Å². The van der Waals surface area contributed by atoms with Crippen molar-refractivity contribution in [1.29, 1.82) is 5.26 Å². The minimum absolute atomic E-state index is 0.0436. The third-order valence-electron chi connectivity index (χ3n) is 7.69. The highest BCUT2D eigenvalue weighted by Crippen LogP contribution is 2.50. The summed E-state index contributed by atoms with van der Waals surface area (Å²) in [4.78, 5) is 32.2. The lowest BCUT2D eigenvalue weighted by atomic mass is 9.77. The second-order valence-electron chi connectivity index (χ2n) is 11.4. The summed E-state index contributed by atoms with van der Waals surface area (Å²) >= 11 is 0. The fraction of sp³-hybridized carbons (Fsp3) is 0.448. The van der Waals surface area contributed by atoms with Crippen molar-refractivity contribution in [2.75, 3.05) is 13.1 Å². The van der Waals surface area contributed by atoms with Crippen LogP contribution in [0.4, 0.5) is 13.6 Å². The van der Waals surface area contributed by atoms with Gasteiger partial charge in [-0.3, -0.25) is 9.36 Å². The fourth-order valence-corrected chi connectivity index (χ4v) is 5.65. The van der Waals surface area contributed by atoms with Crippen molar-refractivity contribution in [2.45, 2.75) is 64.5 Å². The first-order valence-electron chi connectivity index (χ1n) is 13.0. The van der Waals surface area contributed by atoms with Crippen molar-refractivity contribution in [3.8, 4) is 17.6 Å². The summed E-state index contributed by atoms with van der Waals surface area (Å²) in [5.41, 5.74) is -0.845. The second kappa shape index (κ2) is 9.95. The maximum Gasteiger partial charge on any atom is 0.410 e. The number of ether oxygens (including phenoxy) is 2. The van der Waals surface area contributed by atoms with E-state index in [1.54, 1.807) is 27.9 Å². The van der Waals surface area contributed by atoms with Crippen LogP contribution in [0.25, 0.3) is 10.9 Å². The number of hydrogen-bond acceptors (Lipinski definition) is 6. The number of carbonyl (C=O) groups is 1. The number of amides is 1. The average Bonchev–Trinajstić information content (AvgIpc) is 3.29. The molecule has 1 saturated carbocycles. The number of piperidine rings is 1. The van der Waals surface area contributed by atoms with E-state index in [9.17, 15) is 23.6 Å². The summed E-state index contributed by atoms with van der Waals surface area (Å²) < 4.78 is 41.0. The Hall–Kier alpha value is -4.00. The van der Waals surface area contributed by atoms with E-state index in [0.717, 1.165) is 44.2 Å². The molecule has 1 atom stereocenters. The van der Waals surface area contributed by atoms with Crippen LogP contribution >= 0.6 is 0 Å². The molecule has 1 amide bonds. The van der Waals surface area contributed by atoms with E-state index in [1.165, 1.54) is 12.1 Å². The molecule has 1 saturated heterocycles. The molecule has 2 heterocycles. The van der Waals surface area contributed by atoms with E-state index in [0.29, 0.717) is 18.6 Å². The summed E-state index contributed by atoms with van der Waals surface area (Å²) in [6.45, 7) is 6.80. The third-order valence-corrected chi connectivity index (χ3v) is 7.69. The summed E-state index contributed by atoms with van der Waals surface area (Å²) in [5.74, 6) is -2.22. The van der Waals surface area contributed by atoms with Gasteiger partial charge in [-0.2, -0.15) is 5.26 Å². The zero-order chi connectivity index (χ0) is 27.9. The molecule has 0 radical (unpaired) electrons. The third kappa shape index (κ3) is 5.31. The Morgan fingerprint density at radius 3 is 2.54 bits per heavy atom. The number of hydrogen-bond donors (Lipinski definition) is 0. The maximum absolute atomic E-state index is 14.3. The Bertz CT molecular complexity index is 1530. The van der Waals surface area contributed by atoms with Crippen molar-refractivity contribution in [1.82, 2.24) is 14.5 Å². The van der Waals surface area contributed by atoms with Crippen LogP contribution in [-0.2, 0) is 4.74 Å². The molecule has 1 aliphatic heterocycles. The SMILES string of the molecule is CC(C)(C)OC(=O)N1CCC2(CC[C@H](n3cnc4ccc(Oc5c(F)ccc(F)c5C#N)cc4c3=O)C2)CC1. The van der Waals surface area contributed by atoms with Gasteiger partial charge >= 0.3 is 6.09 Å². The molecule has 0 bridgehead atoms. The number of rotatable bonds is 3. The predicted molar refractivity (Wildman–Crippen MR) is 140 cm³/mol. The van der Waals surface area contributed by atoms with Crippen LogP contribution in [0.3, 0.4) is 0 Å². The second-order valence-corrected chi connectivity index (χ2v) is 11.4. The quantitative estimate of drug-likeness (QED) is 0.402. The number of aromatic nitrogens is 2. The van der Waals surface area contributed by atoms with Gasteiger partial charge in [0.2, 0.25) is 0 Å². The van der Waals surface area contributed by atoms with Gasteiger partial charge in [0.15, 0.2) is 11.6 Å². The smallest absolute Gasteiger partial charge is 0.410 e. The molecule has 0 N–H and O–H groups in total. The molecule has 2 fully saturated rings. The molecule has 8 nitrogen and oxygen atoms in total. The standard InChI is InChI=1S/C29H30F2N4O4/c1-28(2,3)39-27(37)34-12-10-29(11-13-34)9-8-18(15-29)35-17-33-24-7-4-19(14-20(24)26(35)36)38-25-21(16-32)22(30)5-6-23(25)31/h4-7,14,17-18H,8-13,15H2,1-3H3/t18-/m0/s1. The maximum atomic E-state index is 14.3. The Labute approximate surface area is 224 Å². The van der Waals surface area contributed by atoms with E-state index in [1.807, 2.05) is 20.8 Å². The number of carbonyl (C=O) groups excluding carboxylic acids is 1. The molecule has 1 spiro atoms. The lowest BCUT2D eigenvalue weighted by molar-refractivity contribution is 0.0103. The zero-order valence-electron chi connectivity index (χ0n) is 22.2. The summed E-state index contributed by atoms with van der Waals surface area (Å²) in [5, 5.41) is 9.52. The van der Waals surface area contributed by atoms with E-state index in [-0.39, 0.29) is 34.2 Å². The highest BCUT2D eigenvalue weighted by Gasteiger charge is 2.43. The van der Waals surface area contributed by atoms with Crippen LogP contribution in [0.5, 0.6) is 11.5 Å². The topological polar surface area (TPSA) is 97.4 Å². The van der Waals surface area contributed by atoms with E-state index < -0.39 is 28.5 Å². The van der Waals surface area contributed by atoms with Crippen molar-refractivity contribution in [2.24, 2.45) is 5.41 Å².